The van der Waals surface area contributed by atoms with Crippen molar-refractivity contribution in [3.63, 3.8) is 0 Å². The zero-order valence-corrected chi connectivity index (χ0v) is 17.6. The number of carbonyl (C=O) groups is 4. The smallest absolute Gasteiger partial charge is 0.313 e. The molecule has 10 heteroatoms. The summed E-state index contributed by atoms with van der Waals surface area (Å²) < 4.78 is 9.96. The number of benzene rings is 1. The lowest BCUT2D eigenvalue weighted by atomic mass is 9.99. The number of rotatable bonds is 9. The molecule has 1 aromatic carbocycles. The van der Waals surface area contributed by atoms with Crippen LogP contribution < -0.4 is 10.8 Å². The van der Waals surface area contributed by atoms with Crippen LogP contribution in [0.4, 0.5) is 0 Å². The standard InChI is InChI=1S/C20H26N2O7S/c1-12(23)28-17(25)10-6-9-15(22-27)19-18(29-13(2)24)16(11-30-19)21-20(26)14-7-4-3-5-8-14/h3-5,7-8,15-16,18-19,22,27H,6,9-11H2,1-2H3,(H,21,26)/t15-,16+,18+,19-/m0/s1. The lowest BCUT2D eigenvalue weighted by Crippen LogP contribution is -2.51. The molecule has 1 aliphatic heterocycles. The molecule has 2 rings (SSSR count). The van der Waals surface area contributed by atoms with Gasteiger partial charge in [0.05, 0.1) is 11.3 Å². The fraction of sp³-hybridized carbons (Fsp3) is 0.500. The second-order valence-electron chi connectivity index (χ2n) is 6.91. The average molecular weight is 439 g/mol. The van der Waals surface area contributed by atoms with E-state index >= 15 is 0 Å². The zero-order chi connectivity index (χ0) is 22.1. The minimum atomic E-state index is -0.671. The number of hydroxylamine groups is 1. The van der Waals surface area contributed by atoms with Crippen LogP contribution in [0.15, 0.2) is 30.3 Å². The van der Waals surface area contributed by atoms with Crippen LogP contribution in [0.2, 0.25) is 0 Å². The van der Waals surface area contributed by atoms with Crippen LogP contribution in [0, 0.1) is 0 Å². The number of hydrogen-bond donors (Lipinski definition) is 3. The van der Waals surface area contributed by atoms with Crippen molar-refractivity contribution in [1.29, 1.82) is 0 Å². The molecule has 30 heavy (non-hydrogen) atoms. The van der Waals surface area contributed by atoms with Crippen LogP contribution in [0.25, 0.3) is 0 Å². The van der Waals surface area contributed by atoms with Gasteiger partial charge in [0.15, 0.2) is 0 Å². The summed E-state index contributed by atoms with van der Waals surface area (Å²) in [6.07, 6.45) is 0.0868. The SMILES string of the molecule is CC(=O)OC(=O)CCC[C@H](NO)[C@@H]1SC[C@@H](NC(=O)c2ccccc2)[C@H]1OC(C)=O. The minimum Gasteiger partial charge on any atom is -0.459 e. The third kappa shape index (κ3) is 7.12. The first-order valence-corrected chi connectivity index (χ1v) is 10.6. The van der Waals surface area contributed by atoms with E-state index < -0.39 is 36.1 Å². The molecular formula is C20H26N2O7S. The van der Waals surface area contributed by atoms with Gasteiger partial charge in [0.1, 0.15) is 6.10 Å². The van der Waals surface area contributed by atoms with Gasteiger partial charge in [-0.3, -0.25) is 19.2 Å². The van der Waals surface area contributed by atoms with E-state index in [0.717, 1.165) is 6.92 Å². The van der Waals surface area contributed by atoms with E-state index in [4.69, 9.17) is 4.74 Å². The summed E-state index contributed by atoms with van der Waals surface area (Å²) in [5.74, 6) is -1.59. The minimum absolute atomic E-state index is 0.0154. The molecule has 1 saturated heterocycles. The molecule has 0 radical (unpaired) electrons. The van der Waals surface area contributed by atoms with E-state index in [2.05, 4.69) is 15.5 Å². The maximum Gasteiger partial charge on any atom is 0.313 e. The molecular weight excluding hydrogens is 412 g/mol. The molecule has 0 saturated carbocycles. The molecule has 1 fully saturated rings. The number of hydrogen-bond acceptors (Lipinski definition) is 9. The molecule has 9 nitrogen and oxygen atoms in total. The number of esters is 3. The first-order valence-electron chi connectivity index (χ1n) is 9.57. The highest BCUT2D eigenvalue weighted by Crippen LogP contribution is 2.34. The number of amides is 1. The summed E-state index contributed by atoms with van der Waals surface area (Å²) in [6.45, 7) is 2.44. The Balaban J connectivity index is 2.00. The highest BCUT2D eigenvalue weighted by Gasteiger charge is 2.44. The largest absolute Gasteiger partial charge is 0.459 e. The highest BCUT2D eigenvalue weighted by molar-refractivity contribution is 8.00. The predicted molar refractivity (Wildman–Crippen MR) is 109 cm³/mol. The van der Waals surface area contributed by atoms with Crippen LogP contribution in [0.5, 0.6) is 0 Å². The van der Waals surface area contributed by atoms with Gasteiger partial charge in [0, 0.05) is 37.6 Å². The fourth-order valence-corrected chi connectivity index (χ4v) is 4.83. The summed E-state index contributed by atoms with van der Waals surface area (Å²) in [5.41, 5.74) is 2.72. The van der Waals surface area contributed by atoms with Gasteiger partial charge in [-0.15, -0.1) is 0 Å². The van der Waals surface area contributed by atoms with Crippen molar-refractivity contribution in [2.45, 2.75) is 56.5 Å². The predicted octanol–water partition coefficient (Wildman–Crippen LogP) is 1.44. The molecule has 0 aromatic heterocycles. The molecule has 1 amide bonds. The van der Waals surface area contributed by atoms with E-state index in [1.807, 2.05) is 6.07 Å². The number of carbonyl (C=O) groups excluding carboxylic acids is 4. The molecule has 0 bridgehead atoms. The van der Waals surface area contributed by atoms with Crippen molar-refractivity contribution in [2.24, 2.45) is 0 Å². The summed E-state index contributed by atoms with van der Waals surface area (Å²) in [5, 5.41) is 12.2. The van der Waals surface area contributed by atoms with Crippen molar-refractivity contribution in [2.75, 3.05) is 5.75 Å². The molecule has 0 unspecified atom stereocenters. The van der Waals surface area contributed by atoms with E-state index in [1.54, 1.807) is 24.3 Å². The van der Waals surface area contributed by atoms with Gasteiger partial charge in [-0.2, -0.15) is 11.8 Å². The molecule has 1 heterocycles. The molecule has 164 valence electrons. The van der Waals surface area contributed by atoms with Gasteiger partial charge in [-0.1, -0.05) is 18.2 Å². The molecule has 1 aromatic rings. The van der Waals surface area contributed by atoms with Gasteiger partial charge in [-0.25, -0.2) is 5.48 Å². The van der Waals surface area contributed by atoms with E-state index in [0.29, 0.717) is 24.2 Å². The average Bonchev–Trinajstić information content (AvgIpc) is 3.06. The second-order valence-corrected chi connectivity index (χ2v) is 8.12. The van der Waals surface area contributed by atoms with Gasteiger partial charge in [-0.05, 0) is 25.0 Å². The molecule has 1 aliphatic rings. The number of ether oxygens (including phenoxy) is 2. The van der Waals surface area contributed by atoms with E-state index in [-0.39, 0.29) is 17.6 Å². The van der Waals surface area contributed by atoms with Crippen molar-refractivity contribution in [3.05, 3.63) is 35.9 Å². The maximum absolute atomic E-state index is 12.5. The van der Waals surface area contributed by atoms with Gasteiger partial charge in [0.2, 0.25) is 0 Å². The Kier molecular flexibility index (Phi) is 9.28. The Morgan fingerprint density at radius 1 is 1.17 bits per heavy atom. The van der Waals surface area contributed by atoms with Gasteiger partial charge < -0.3 is 20.0 Å². The fourth-order valence-electron chi connectivity index (χ4n) is 3.26. The van der Waals surface area contributed by atoms with Crippen LogP contribution in [-0.2, 0) is 23.9 Å². The lowest BCUT2D eigenvalue weighted by Gasteiger charge is -2.29. The van der Waals surface area contributed by atoms with Crippen LogP contribution in [0.1, 0.15) is 43.5 Å². The summed E-state index contributed by atoms with van der Waals surface area (Å²) >= 11 is 1.46. The summed E-state index contributed by atoms with van der Waals surface area (Å²) in [4.78, 5) is 46.5. The molecule has 4 atom stereocenters. The third-order valence-corrected chi connectivity index (χ3v) is 6.09. The summed E-state index contributed by atoms with van der Waals surface area (Å²) in [6, 6.07) is 7.77. The highest BCUT2D eigenvalue weighted by atomic mass is 32.2. The molecule has 0 aliphatic carbocycles. The Hall–Kier alpha value is -2.43. The van der Waals surface area contributed by atoms with E-state index in [1.165, 1.54) is 18.7 Å². The second kappa shape index (κ2) is 11.7. The van der Waals surface area contributed by atoms with Crippen LogP contribution >= 0.6 is 11.8 Å². The van der Waals surface area contributed by atoms with Crippen LogP contribution in [0.3, 0.4) is 0 Å². The number of thioether (sulfide) groups is 1. The lowest BCUT2D eigenvalue weighted by molar-refractivity contribution is -0.158. The Bertz CT molecular complexity index is 759. The Morgan fingerprint density at radius 2 is 1.87 bits per heavy atom. The first kappa shape index (κ1) is 23.8. The molecule has 3 N–H and O–H groups in total. The summed E-state index contributed by atoms with van der Waals surface area (Å²) in [7, 11) is 0. The van der Waals surface area contributed by atoms with Gasteiger partial charge in [0.25, 0.3) is 5.91 Å². The van der Waals surface area contributed by atoms with Crippen molar-refractivity contribution >= 4 is 35.6 Å². The van der Waals surface area contributed by atoms with Crippen molar-refractivity contribution < 1.29 is 33.9 Å². The molecule has 0 spiro atoms. The zero-order valence-electron chi connectivity index (χ0n) is 16.8. The van der Waals surface area contributed by atoms with Crippen molar-refractivity contribution in [1.82, 2.24) is 10.8 Å². The van der Waals surface area contributed by atoms with Crippen LogP contribution in [-0.4, -0.2) is 58.2 Å². The van der Waals surface area contributed by atoms with E-state index in [9.17, 15) is 24.4 Å². The number of nitrogens with one attached hydrogen (secondary N) is 2. The maximum atomic E-state index is 12.5. The topological polar surface area (TPSA) is 131 Å². The Labute approximate surface area is 178 Å². The Morgan fingerprint density at radius 3 is 2.47 bits per heavy atom. The van der Waals surface area contributed by atoms with Gasteiger partial charge >= 0.3 is 17.9 Å². The normalized spacial score (nSPS) is 21.5. The monoisotopic (exact) mass is 438 g/mol. The quantitative estimate of drug-likeness (QED) is 0.298. The first-order chi connectivity index (χ1) is 14.3. The third-order valence-electron chi connectivity index (χ3n) is 4.56. The van der Waals surface area contributed by atoms with Crippen molar-refractivity contribution in [3.8, 4) is 0 Å².